The Morgan fingerprint density at radius 1 is 1.22 bits per heavy atom. The fraction of sp³-hybridized carbons (Fsp3) is 0.263. The number of rotatable bonds is 7. The lowest BCUT2D eigenvalue weighted by atomic mass is 10.1. The number of hydrogen-bond donors (Lipinski definition) is 1. The molecule has 3 rings (SSSR count). The average molecular weight is 367 g/mol. The van der Waals surface area contributed by atoms with Crippen molar-refractivity contribution in [2.45, 2.75) is 20.1 Å². The number of carbonyl (C=O) groups excluding carboxylic acids is 1. The van der Waals surface area contributed by atoms with Crippen LogP contribution in [0.25, 0.3) is 11.0 Å². The zero-order chi connectivity index (χ0) is 19.2. The third-order valence-corrected chi connectivity index (χ3v) is 4.06. The maximum absolute atomic E-state index is 12.2. The van der Waals surface area contributed by atoms with Crippen LogP contribution in [0, 0.1) is 0 Å². The van der Waals surface area contributed by atoms with Crippen molar-refractivity contribution in [2.24, 2.45) is 5.10 Å². The number of benzene rings is 2. The van der Waals surface area contributed by atoms with E-state index in [-0.39, 0.29) is 12.5 Å². The molecule has 8 heteroatoms. The van der Waals surface area contributed by atoms with Gasteiger partial charge in [-0.05, 0) is 42.8 Å². The van der Waals surface area contributed by atoms with Gasteiger partial charge in [0.15, 0.2) is 0 Å². The highest BCUT2D eigenvalue weighted by Crippen LogP contribution is 2.21. The van der Waals surface area contributed by atoms with E-state index in [1.54, 1.807) is 18.9 Å². The van der Waals surface area contributed by atoms with E-state index >= 15 is 0 Å². The highest BCUT2D eigenvalue weighted by Gasteiger charge is 2.09. The molecule has 0 aliphatic heterocycles. The second kappa shape index (κ2) is 8.41. The fourth-order valence-corrected chi connectivity index (χ4v) is 2.69. The summed E-state index contributed by atoms with van der Waals surface area (Å²) in [5.74, 6) is 0.464. The third-order valence-electron chi connectivity index (χ3n) is 4.06. The average Bonchev–Trinajstić information content (AvgIpc) is 3.09. The number of nitrogens with zero attached hydrogens (tertiary/aromatic N) is 4. The monoisotopic (exact) mass is 367 g/mol. The van der Waals surface area contributed by atoms with E-state index in [1.807, 2.05) is 49.4 Å². The first kappa shape index (κ1) is 18.5. The third kappa shape index (κ3) is 4.29. The number of ether oxygens (including phenoxy) is 2. The predicted molar refractivity (Wildman–Crippen MR) is 102 cm³/mol. The summed E-state index contributed by atoms with van der Waals surface area (Å²) in [7, 11) is 3.24. The second-order valence-electron chi connectivity index (χ2n) is 5.93. The van der Waals surface area contributed by atoms with Crippen molar-refractivity contribution < 1.29 is 14.3 Å². The lowest BCUT2D eigenvalue weighted by molar-refractivity contribution is -0.121. The minimum absolute atomic E-state index is 0.0365. The van der Waals surface area contributed by atoms with Gasteiger partial charge in [-0.1, -0.05) is 17.3 Å². The summed E-state index contributed by atoms with van der Waals surface area (Å²) in [6, 6.07) is 13.1. The largest absolute Gasteiger partial charge is 0.496 e. The summed E-state index contributed by atoms with van der Waals surface area (Å²) >= 11 is 0. The number of hydrogen-bond acceptors (Lipinski definition) is 6. The first-order chi connectivity index (χ1) is 13.1. The molecule has 1 heterocycles. The summed E-state index contributed by atoms with van der Waals surface area (Å²) in [4.78, 5) is 12.2. The number of nitrogens with one attached hydrogen (secondary N) is 1. The minimum Gasteiger partial charge on any atom is -0.496 e. The molecule has 0 aliphatic rings. The minimum atomic E-state index is -0.282. The molecule has 8 nitrogen and oxygen atoms in total. The van der Waals surface area contributed by atoms with Crippen molar-refractivity contribution in [1.29, 1.82) is 0 Å². The zero-order valence-corrected chi connectivity index (χ0v) is 15.5. The van der Waals surface area contributed by atoms with Crippen LogP contribution in [0.2, 0.25) is 0 Å². The molecule has 1 aromatic heterocycles. The number of carbonyl (C=O) groups is 1. The molecule has 1 N–H and O–H groups in total. The first-order valence-electron chi connectivity index (χ1n) is 8.40. The Labute approximate surface area is 156 Å². The van der Waals surface area contributed by atoms with E-state index < -0.39 is 0 Å². The standard InChI is InChI=1S/C19H21N5O3/c1-13(14-8-9-18(27-3)15(10-14)12-26-2)20-22-19(25)11-24-17-7-5-4-6-16(17)21-23-24/h4-10H,11-12H2,1-3H3,(H,22,25)/b20-13-. The number of para-hydroxylation sites is 1. The van der Waals surface area contributed by atoms with Gasteiger partial charge in [-0.15, -0.1) is 5.10 Å². The topological polar surface area (TPSA) is 90.6 Å². The van der Waals surface area contributed by atoms with Gasteiger partial charge in [0.25, 0.3) is 5.91 Å². The summed E-state index contributed by atoms with van der Waals surface area (Å²) in [5.41, 5.74) is 6.56. The lowest BCUT2D eigenvalue weighted by Crippen LogP contribution is -2.24. The smallest absolute Gasteiger partial charge is 0.261 e. The van der Waals surface area contributed by atoms with E-state index in [1.165, 1.54) is 0 Å². The molecule has 0 saturated carbocycles. The van der Waals surface area contributed by atoms with Crippen LogP contribution in [-0.2, 0) is 22.7 Å². The summed E-state index contributed by atoms with van der Waals surface area (Å²) in [6.07, 6.45) is 0. The zero-order valence-electron chi connectivity index (χ0n) is 15.5. The first-order valence-corrected chi connectivity index (χ1v) is 8.40. The van der Waals surface area contributed by atoms with Crippen LogP contribution in [0.4, 0.5) is 0 Å². The molecule has 1 amide bonds. The molecule has 0 saturated heterocycles. The normalized spacial score (nSPS) is 11.6. The van der Waals surface area contributed by atoms with Crippen LogP contribution in [-0.4, -0.2) is 40.8 Å². The van der Waals surface area contributed by atoms with Gasteiger partial charge in [0.1, 0.15) is 17.8 Å². The molecule has 3 aromatic rings. The van der Waals surface area contributed by atoms with Crippen LogP contribution in [0.1, 0.15) is 18.1 Å². The lowest BCUT2D eigenvalue weighted by Gasteiger charge is -2.10. The Balaban J connectivity index is 1.69. The molecular formula is C19H21N5O3. The second-order valence-corrected chi connectivity index (χ2v) is 5.93. The van der Waals surface area contributed by atoms with E-state index in [0.29, 0.717) is 12.3 Å². The molecule has 0 fully saturated rings. The van der Waals surface area contributed by atoms with E-state index in [0.717, 1.165) is 27.9 Å². The van der Waals surface area contributed by atoms with Gasteiger partial charge in [0.05, 0.1) is 24.9 Å². The van der Waals surface area contributed by atoms with Gasteiger partial charge in [0, 0.05) is 12.7 Å². The van der Waals surface area contributed by atoms with E-state index in [9.17, 15) is 4.79 Å². The van der Waals surface area contributed by atoms with E-state index in [2.05, 4.69) is 20.8 Å². The SMILES string of the molecule is COCc1cc(/C(C)=N\NC(=O)Cn2nnc3ccccc32)ccc1OC. The van der Waals surface area contributed by atoms with Crippen molar-refractivity contribution >= 4 is 22.7 Å². The molecule has 0 spiro atoms. The van der Waals surface area contributed by atoms with E-state index in [4.69, 9.17) is 9.47 Å². The van der Waals surface area contributed by atoms with Crippen molar-refractivity contribution in [3.63, 3.8) is 0 Å². The quantitative estimate of drug-likeness (QED) is 0.510. The Kier molecular flexibility index (Phi) is 5.77. The number of hydrazone groups is 1. The Hall–Kier alpha value is -3.26. The molecule has 0 atom stereocenters. The number of fused-ring (bicyclic) bond motifs is 1. The van der Waals surface area contributed by atoms with Crippen molar-refractivity contribution in [3.8, 4) is 5.75 Å². The number of aromatic nitrogens is 3. The Morgan fingerprint density at radius 2 is 2.04 bits per heavy atom. The Bertz CT molecular complexity index is 980. The van der Waals surface area contributed by atoms with Gasteiger partial charge in [0.2, 0.25) is 0 Å². The highest BCUT2D eigenvalue weighted by atomic mass is 16.5. The van der Waals surface area contributed by atoms with Crippen molar-refractivity contribution in [3.05, 3.63) is 53.6 Å². The van der Waals surface area contributed by atoms with Gasteiger partial charge >= 0.3 is 0 Å². The Morgan fingerprint density at radius 3 is 2.81 bits per heavy atom. The molecule has 0 radical (unpaired) electrons. The maximum atomic E-state index is 12.2. The molecule has 0 bridgehead atoms. The summed E-state index contributed by atoms with van der Waals surface area (Å²) in [6.45, 7) is 2.29. The van der Waals surface area contributed by atoms with Crippen LogP contribution >= 0.6 is 0 Å². The maximum Gasteiger partial charge on any atom is 0.261 e. The predicted octanol–water partition coefficient (Wildman–Crippen LogP) is 2.13. The van der Waals surface area contributed by atoms with Crippen LogP contribution in [0.5, 0.6) is 5.75 Å². The van der Waals surface area contributed by atoms with Gasteiger partial charge in [-0.2, -0.15) is 5.10 Å². The highest BCUT2D eigenvalue weighted by molar-refractivity contribution is 5.99. The molecule has 27 heavy (non-hydrogen) atoms. The molecule has 2 aromatic carbocycles. The fourth-order valence-electron chi connectivity index (χ4n) is 2.69. The number of methoxy groups -OCH3 is 2. The summed E-state index contributed by atoms with van der Waals surface area (Å²) in [5, 5.41) is 12.2. The number of amides is 1. The summed E-state index contributed by atoms with van der Waals surface area (Å²) < 4.78 is 12.1. The van der Waals surface area contributed by atoms with Crippen molar-refractivity contribution in [1.82, 2.24) is 20.4 Å². The van der Waals surface area contributed by atoms with Gasteiger partial charge < -0.3 is 9.47 Å². The van der Waals surface area contributed by atoms with Gasteiger partial charge in [-0.25, -0.2) is 10.1 Å². The molecule has 0 unspecified atom stereocenters. The molecular weight excluding hydrogens is 346 g/mol. The van der Waals surface area contributed by atoms with Crippen LogP contribution < -0.4 is 10.2 Å². The molecule has 0 aliphatic carbocycles. The van der Waals surface area contributed by atoms with Crippen molar-refractivity contribution in [2.75, 3.05) is 14.2 Å². The molecule has 140 valence electrons. The van der Waals surface area contributed by atoms with Crippen LogP contribution in [0.15, 0.2) is 47.6 Å². The van der Waals surface area contributed by atoms with Gasteiger partial charge in [-0.3, -0.25) is 4.79 Å². The van der Waals surface area contributed by atoms with Crippen LogP contribution in [0.3, 0.4) is 0 Å².